The summed E-state index contributed by atoms with van der Waals surface area (Å²) in [5.74, 6) is -3.83. The van der Waals surface area contributed by atoms with Gasteiger partial charge in [-0.3, -0.25) is 0 Å². The summed E-state index contributed by atoms with van der Waals surface area (Å²) < 4.78 is 20.1. The van der Waals surface area contributed by atoms with E-state index in [1.165, 1.54) is 16.7 Å². The molecule has 0 unspecified atom stereocenters. The third-order valence-electron chi connectivity index (χ3n) is 3.64. The fourth-order valence-corrected chi connectivity index (χ4v) is 2.55. The Labute approximate surface area is 148 Å². The Morgan fingerprint density at radius 2 is 1.19 bits per heavy atom. The van der Waals surface area contributed by atoms with Crippen LogP contribution in [0.2, 0.25) is 0 Å². The number of ether oxygens (including phenoxy) is 4. The van der Waals surface area contributed by atoms with Crippen LogP contribution in [0, 0.1) is 0 Å². The molecule has 9 heteroatoms. The van der Waals surface area contributed by atoms with E-state index >= 15 is 0 Å². The van der Waals surface area contributed by atoms with Crippen LogP contribution in [0.25, 0.3) is 5.52 Å². The third-order valence-corrected chi connectivity index (χ3v) is 3.64. The van der Waals surface area contributed by atoms with E-state index < -0.39 is 35.0 Å². The van der Waals surface area contributed by atoms with Crippen LogP contribution in [0.4, 0.5) is 0 Å². The van der Waals surface area contributed by atoms with E-state index in [0.29, 0.717) is 0 Å². The molecule has 0 atom stereocenters. The van der Waals surface area contributed by atoms with Crippen molar-refractivity contribution in [2.24, 2.45) is 0 Å². The number of rotatable bonds is 4. The summed E-state index contributed by atoms with van der Waals surface area (Å²) in [6.07, 6.45) is 1.43. The number of carbonyl (C=O) groups is 4. The van der Waals surface area contributed by atoms with Crippen LogP contribution in [-0.4, -0.2) is 52.3 Å². The fourth-order valence-electron chi connectivity index (χ4n) is 2.55. The highest BCUT2D eigenvalue weighted by Gasteiger charge is 2.41. The number of esters is 4. The minimum Gasteiger partial charge on any atom is -0.465 e. The topological polar surface area (TPSA) is 109 Å². The maximum atomic E-state index is 12.4. The fraction of sp³-hybridized carbons (Fsp3) is 0.235. The van der Waals surface area contributed by atoms with E-state index in [2.05, 4.69) is 0 Å². The number of aromatic nitrogens is 1. The molecule has 0 fully saturated rings. The van der Waals surface area contributed by atoms with Crippen LogP contribution in [0.15, 0.2) is 24.4 Å². The number of carbonyl (C=O) groups excluding carboxylic acids is 4. The monoisotopic (exact) mass is 362 g/mol. The van der Waals surface area contributed by atoms with E-state index in [4.69, 9.17) is 18.9 Å². The van der Waals surface area contributed by atoms with Crippen molar-refractivity contribution < 1.29 is 42.5 Å². The predicted octanol–water partition coefficient (Wildman–Crippen LogP) is 0.572. The second kappa shape index (κ2) is 7.60. The third kappa shape index (κ3) is 2.94. The zero-order chi connectivity index (χ0) is 19.4. The van der Waals surface area contributed by atoms with Crippen LogP contribution in [0.1, 0.15) is 41.6 Å². The molecule has 2 aromatic heterocycles. The molecule has 0 aliphatic rings. The molecule has 0 bridgehead atoms. The van der Waals surface area contributed by atoms with Crippen molar-refractivity contribution in [1.82, 2.24) is 0 Å². The number of hydrogen-bond donors (Lipinski definition) is 0. The molecule has 0 aliphatic heterocycles. The molecule has 26 heavy (non-hydrogen) atoms. The molecule has 0 aromatic carbocycles. The average Bonchev–Trinajstić information content (AvgIpc) is 2.69. The summed E-state index contributed by atoms with van der Waals surface area (Å²) in [5, 5.41) is 0. The van der Waals surface area contributed by atoms with Gasteiger partial charge in [0.1, 0.15) is 11.1 Å². The van der Waals surface area contributed by atoms with Gasteiger partial charge in [0.15, 0.2) is 11.8 Å². The van der Waals surface area contributed by atoms with Gasteiger partial charge in [-0.25, -0.2) is 19.2 Å². The highest BCUT2D eigenvalue weighted by molar-refractivity contribution is 6.15. The number of methoxy groups -OCH3 is 4. The van der Waals surface area contributed by atoms with Gasteiger partial charge in [0.25, 0.3) is 0 Å². The Bertz CT molecular complexity index is 844. The number of fused-ring (bicyclic) bond motifs is 1. The first kappa shape index (κ1) is 18.8. The summed E-state index contributed by atoms with van der Waals surface area (Å²) >= 11 is 0. The molecule has 2 aromatic rings. The van der Waals surface area contributed by atoms with Crippen LogP contribution in [-0.2, 0) is 18.9 Å². The molecular formula is C17H16NO8+. The maximum Gasteiger partial charge on any atom is 0.404 e. The van der Waals surface area contributed by atoms with Gasteiger partial charge < -0.3 is 18.9 Å². The number of nitrogens with zero attached hydrogens (tertiary/aromatic N) is 1. The van der Waals surface area contributed by atoms with E-state index in [1.807, 2.05) is 0 Å². The second-order valence-corrected chi connectivity index (χ2v) is 4.90. The zero-order valence-corrected chi connectivity index (χ0v) is 14.5. The molecule has 2 rings (SSSR count). The average molecular weight is 362 g/mol. The molecule has 0 saturated carbocycles. The first-order valence-corrected chi connectivity index (χ1v) is 7.26. The summed E-state index contributed by atoms with van der Waals surface area (Å²) in [7, 11) is 4.38. The quantitative estimate of drug-likeness (QED) is 0.441. The van der Waals surface area contributed by atoms with E-state index in [9.17, 15) is 19.2 Å². The van der Waals surface area contributed by atoms with Gasteiger partial charge in [0, 0.05) is 12.1 Å². The molecule has 0 spiro atoms. The standard InChI is InChI=1S/C17H16NO8/c1-23-14(19)10-9-7-5-6-8-18(9)13(17(22)26-4)12(16(21)25-3)11(10)15(20)24-2/h5-8H,1-4H3/q+1. The Kier molecular flexibility index (Phi) is 5.51. The smallest absolute Gasteiger partial charge is 0.404 e. The van der Waals surface area contributed by atoms with Gasteiger partial charge >= 0.3 is 29.6 Å². The van der Waals surface area contributed by atoms with Gasteiger partial charge in [0.05, 0.1) is 28.4 Å². The minimum atomic E-state index is -1.02. The normalized spacial score (nSPS) is 10.2. The lowest BCUT2D eigenvalue weighted by molar-refractivity contribution is -0.516. The van der Waals surface area contributed by atoms with E-state index in [1.54, 1.807) is 12.1 Å². The Balaban J connectivity index is 3.20. The lowest BCUT2D eigenvalue weighted by Crippen LogP contribution is -2.38. The first-order valence-electron chi connectivity index (χ1n) is 7.26. The molecule has 2 heterocycles. The summed E-state index contributed by atoms with van der Waals surface area (Å²) in [5.41, 5.74) is -1.29. The molecular weight excluding hydrogens is 346 g/mol. The van der Waals surface area contributed by atoms with Crippen molar-refractivity contribution in [3.8, 4) is 0 Å². The molecule has 0 amide bonds. The van der Waals surface area contributed by atoms with E-state index in [0.717, 1.165) is 28.4 Å². The van der Waals surface area contributed by atoms with Crippen LogP contribution in [0.5, 0.6) is 0 Å². The van der Waals surface area contributed by atoms with Crippen molar-refractivity contribution in [1.29, 1.82) is 0 Å². The van der Waals surface area contributed by atoms with Crippen molar-refractivity contribution in [3.63, 3.8) is 0 Å². The highest BCUT2D eigenvalue weighted by Crippen LogP contribution is 2.24. The molecule has 0 aliphatic carbocycles. The van der Waals surface area contributed by atoms with Crippen LogP contribution in [0.3, 0.4) is 0 Å². The molecule has 0 N–H and O–H groups in total. The van der Waals surface area contributed by atoms with Crippen molar-refractivity contribution >= 4 is 29.4 Å². The van der Waals surface area contributed by atoms with Crippen molar-refractivity contribution in [3.05, 3.63) is 46.8 Å². The Morgan fingerprint density at radius 1 is 0.692 bits per heavy atom. The Morgan fingerprint density at radius 3 is 1.73 bits per heavy atom. The largest absolute Gasteiger partial charge is 0.465 e. The van der Waals surface area contributed by atoms with Crippen LogP contribution < -0.4 is 4.40 Å². The lowest BCUT2D eigenvalue weighted by atomic mass is 9.97. The van der Waals surface area contributed by atoms with Crippen molar-refractivity contribution in [2.75, 3.05) is 28.4 Å². The second-order valence-electron chi connectivity index (χ2n) is 4.90. The van der Waals surface area contributed by atoms with Gasteiger partial charge in [0.2, 0.25) is 5.52 Å². The number of pyridine rings is 2. The minimum absolute atomic E-state index is 0.146. The van der Waals surface area contributed by atoms with E-state index in [-0.39, 0.29) is 16.8 Å². The maximum absolute atomic E-state index is 12.4. The lowest BCUT2D eigenvalue weighted by Gasteiger charge is -2.13. The number of hydrogen-bond acceptors (Lipinski definition) is 8. The first-order chi connectivity index (χ1) is 12.4. The molecule has 0 saturated heterocycles. The summed E-state index contributed by atoms with van der Waals surface area (Å²) in [6.45, 7) is 0. The highest BCUT2D eigenvalue weighted by atomic mass is 16.5. The van der Waals surface area contributed by atoms with Gasteiger partial charge in [-0.1, -0.05) is 0 Å². The van der Waals surface area contributed by atoms with Gasteiger partial charge in [-0.2, -0.15) is 4.40 Å². The predicted molar refractivity (Wildman–Crippen MR) is 85.0 cm³/mol. The summed E-state index contributed by atoms with van der Waals surface area (Å²) in [4.78, 5) is 49.5. The molecule has 0 radical (unpaired) electrons. The van der Waals surface area contributed by atoms with Crippen molar-refractivity contribution in [2.45, 2.75) is 0 Å². The SMILES string of the molecule is COC(=O)c1c(C(=O)OC)c(C(=O)OC)[n+]2ccccc2c1C(=O)OC. The van der Waals surface area contributed by atoms with Gasteiger partial charge in [-0.05, 0) is 6.07 Å². The summed E-state index contributed by atoms with van der Waals surface area (Å²) in [6, 6.07) is 4.63. The molecule has 136 valence electrons. The molecule has 9 nitrogen and oxygen atoms in total. The van der Waals surface area contributed by atoms with Crippen LogP contribution >= 0.6 is 0 Å². The van der Waals surface area contributed by atoms with Gasteiger partial charge in [-0.15, -0.1) is 0 Å². The zero-order valence-electron chi connectivity index (χ0n) is 14.5. The Hall–Kier alpha value is -3.49.